The van der Waals surface area contributed by atoms with Crippen LogP contribution >= 0.6 is 11.6 Å². The number of halogens is 1. The summed E-state index contributed by atoms with van der Waals surface area (Å²) < 4.78 is 15.5. The molecular weight excluding hydrogens is 232 g/mol. The van der Waals surface area contributed by atoms with E-state index in [4.69, 9.17) is 25.8 Å². The Morgan fingerprint density at radius 2 is 1.94 bits per heavy atom. The maximum absolute atomic E-state index is 5.75. The molecular formula is C10H15ClN2O3. The van der Waals surface area contributed by atoms with E-state index < -0.39 is 0 Å². The van der Waals surface area contributed by atoms with Gasteiger partial charge in [0.1, 0.15) is 6.61 Å². The smallest absolute Gasteiger partial charge is 0.252 e. The van der Waals surface area contributed by atoms with Crippen molar-refractivity contribution in [3.8, 4) is 5.88 Å². The normalized spacial score (nSPS) is 10.4. The number of hydrogen-bond donors (Lipinski definition) is 0. The van der Waals surface area contributed by atoms with Crippen molar-refractivity contribution in [2.24, 2.45) is 0 Å². The largest absolute Gasteiger partial charge is 0.473 e. The first-order valence-electron chi connectivity index (χ1n) is 5.00. The van der Waals surface area contributed by atoms with Crippen molar-refractivity contribution in [3.05, 3.63) is 17.5 Å². The highest BCUT2D eigenvalue weighted by molar-refractivity contribution is 6.30. The molecule has 0 saturated carbocycles. The number of methoxy groups -OCH3 is 1. The number of rotatable bonds is 8. The molecule has 1 heterocycles. The molecule has 0 spiro atoms. The van der Waals surface area contributed by atoms with E-state index in [0.717, 1.165) is 6.42 Å². The van der Waals surface area contributed by atoms with Gasteiger partial charge < -0.3 is 14.2 Å². The summed E-state index contributed by atoms with van der Waals surface area (Å²) >= 11 is 5.75. The van der Waals surface area contributed by atoms with Crippen LogP contribution in [0.25, 0.3) is 0 Å². The van der Waals surface area contributed by atoms with Crippen LogP contribution in [0, 0.1) is 0 Å². The lowest BCUT2D eigenvalue weighted by Crippen LogP contribution is -2.09. The van der Waals surface area contributed by atoms with Crippen LogP contribution in [-0.4, -0.2) is 43.5 Å². The third-order valence-electron chi connectivity index (χ3n) is 1.73. The van der Waals surface area contributed by atoms with Crippen molar-refractivity contribution >= 4 is 11.6 Å². The molecule has 1 aromatic rings. The van der Waals surface area contributed by atoms with Gasteiger partial charge in [-0.15, -0.1) is 0 Å². The third kappa shape index (κ3) is 5.25. The van der Waals surface area contributed by atoms with Gasteiger partial charge in [-0.2, -0.15) is 0 Å². The van der Waals surface area contributed by atoms with Gasteiger partial charge in [0, 0.05) is 32.7 Å². The Morgan fingerprint density at radius 1 is 1.12 bits per heavy atom. The Bertz CT molecular complexity index is 299. The molecule has 0 aliphatic carbocycles. The van der Waals surface area contributed by atoms with Crippen LogP contribution in [0.15, 0.2) is 12.4 Å². The minimum absolute atomic E-state index is 0.266. The summed E-state index contributed by atoms with van der Waals surface area (Å²) in [5.74, 6) is 0.338. The Balaban J connectivity index is 2.05. The SMILES string of the molecule is COCCCOCCOc1nccnc1Cl. The summed E-state index contributed by atoms with van der Waals surface area (Å²) in [5, 5.41) is 0.266. The first-order chi connectivity index (χ1) is 7.84. The summed E-state index contributed by atoms with van der Waals surface area (Å²) in [6, 6.07) is 0. The fourth-order valence-corrected chi connectivity index (χ4v) is 1.17. The molecule has 0 saturated heterocycles. The Hall–Kier alpha value is -0.910. The second kappa shape index (κ2) is 8.27. The highest BCUT2D eigenvalue weighted by Crippen LogP contribution is 2.16. The zero-order valence-corrected chi connectivity index (χ0v) is 9.94. The zero-order chi connectivity index (χ0) is 11.6. The lowest BCUT2D eigenvalue weighted by molar-refractivity contribution is 0.0795. The minimum Gasteiger partial charge on any atom is -0.473 e. The Labute approximate surface area is 99.7 Å². The van der Waals surface area contributed by atoms with Crippen LogP contribution in [-0.2, 0) is 9.47 Å². The summed E-state index contributed by atoms with van der Waals surface area (Å²) in [7, 11) is 1.67. The van der Waals surface area contributed by atoms with E-state index in [1.165, 1.54) is 12.4 Å². The Morgan fingerprint density at radius 3 is 2.69 bits per heavy atom. The lowest BCUT2D eigenvalue weighted by atomic mass is 10.5. The summed E-state index contributed by atoms with van der Waals surface area (Å²) in [5.41, 5.74) is 0. The van der Waals surface area contributed by atoms with Crippen LogP contribution in [0.5, 0.6) is 5.88 Å². The van der Waals surface area contributed by atoms with E-state index in [9.17, 15) is 0 Å². The predicted molar refractivity (Wildman–Crippen MR) is 59.8 cm³/mol. The molecule has 1 rings (SSSR count). The summed E-state index contributed by atoms with van der Waals surface area (Å²) in [6.07, 6.45) is 3.92. The van der Waals surface area contributed by atoms with Crippen molar-refractivity contribution in [2.75, 3.05) is 33.5 Å². The summed E-state index contributed by atoms with van der Waals surface area (Å²) in [6.45, 7) is 2.27. The van der Waals surface area contributed by atoms with Gasteiger partial charge in [-0.3, -0.25) is 0 Å². The van der Waals surface area contributed by atoms with Crippen molar-refractivity contribution in [2.45, 2.75) is 6.42 Å². The van der Waals surface area contributed by atoms with E-state index in [1.54, 1.807) is 7.11 Å². The van der Waals surface area contributed by atoms with Crippen LogP contribution < -0.4 is 4.74 Å². The monoisotopic (exact) mass is 246 g/mol. The molecule has 90 valence electrons. The molecule has 5 nitrogen and oxygen atoms in total. The zero-order valence-electron chi connectivity index (χ0n) is 9.19. The topological polar surface area (TPSA) is 53.5 Å². The first kappa shape index (κ1) is 13.2. The minimum atomic E-state index is 0.266. The molecule has 0 atom stereocenters. The average Bonchev–Trinajstić information content (AvgIpc) is 2.30. The van der Waals surface area contributed by atoms with Gasteiger partial charge in [0.25, 0.3) is 5.88 Å². The van der Waals surface area contributed by atoms with E-state index >= 15 is 0 Å². The van der Waals surface area contributed by atoms with E-state index in [-0.39, 0.29) is 5.15 Å². The third-order valence-corrected chi connectivity index (χ3v) is 1.99. The lowest BCUT2D eigenvalue weighted by Gasteiger charge is -2.06. The quantitative estimate of drug-likeness (QED) is 0.652. The van der Waals surface area contributed by atoms with Crippen LogP contribution in [0.1, 0.15) is 6.42 Å². The molecule has 16 heavy (non-hydrogen) atoms. The van der Waals surface area contributed by atoms with Crippen molar-refractivity contribution in [1.82, 2.24) is 9.97 Å². The van der Waals surface area contributed by atoms with E-state index in [2.05, 4.69) is 9.97 Å². The molecule has 0 bridgehead atoms. The van der Waals surface area contributed by atoms with E-state index in [1.807, 2.05) is 0 Å². The number of hydrogen-bond acceptors (Lipinski definition) is 5. The molecule has 0 N–H and O–H groups in total. The molecule has 0 aliphatic heterocycles. The molecule has 1 aromatic heterocycles. The van der Waals surface area contributed by atoms with Gasteiger partial charge >= 0.3 is 0 Å². The second-order valence-corrected chi connectivity index (χ2v) is 3.32. The molecule has 0 amide bonds. The fourth-order valence-electron chi connectivity index (χ4n) is 1.01. The average molecular weight is 247 g/mol. The molecule has 0 fully saturated rings. The molecule has 6 heteroatoms. The Kier molecular flexibility index (Phi) is 6.80. The van der Waals surface area contributed by atoms with Gasteiger partial charge in [0.15, 0.2) is 5.15 Å². The highest BCUT2D eigenvalue weighted by Gasteiger charge is 2.02. The van der Waals surface area contributed by atoms with Gasteiger partial charge in [0.05, 0.1) is 6.61 Å². The molecule has 0 aromatic carbocycles. The number of aromatic nitrogens is 2. The standard InChI is InChI=1S/C10H15ClN2O3/c1-14-5-2-6-15-7-8-16-10-9(11)12-3-4-13-10/h3-4H,2,5-8H2,1H3. The van der Waals surface area contributed by atoms with Crippen molar-refractivity contribution < 1.29 is 14.2 Å². The van der Waals surface area contributed by atoms with E-state index in [0.29, 0.717) is 32.3 Å². The second-order valence-electron chi connectivity index (χ2n) is 2.96. The first-order valence-corrected chi connectivity index (χ1v) is 5.38. The maximum Gasteiger partial charge on any atom is 0.252 e. The predicted octanol–water partition coefficient (Wildman–Crippen LogP) is 1.56. The molecule has 0 radical (unpaired) electrons. The van der Waals surface area contributed by atoms with Gasteiger partial charge in [-0.1, -0.05) is 11.6 Å². The van der Waals surface area contributed by atoms with Crippen LogP contribution in [0.3, 0.4) is 0 Å². The molecule has 0 aliphatic rings. The van der Waals surface area contributed by atoms with Crippen molar-refractivity contribution in [1.29, 1.82) is 0 Å². The van der Waals surface area contributed by atoms with Crippen LogP contribution in [0.4, 0.5) is 0 Å². The number of ether oxygens (including phenoxy) is 3. The van der Waals surface area contributed by atoms with Crippen LogP contribution in [0.2, 0.25) is 5.15 Å². The highest BCUT2D eigenvalue weighted by atomic mass is 35.5. The number of nitrogens with zero attached hydrogens (tertiary/aromatic N) is 2. The van der Waals surface area contributed by atoms with Gasteiger partial charge in [0.2, 0.25) is 0 Å². The van der Waals surface area contributed by atoms with Crippen molar-refractivity contribution in [3.63, 3.8) is 0 Å². The van der Waals surface area contributed by atoms with Gasteiger partial charge in [-0.05, 0) is 6.42 Å². The summed E-state index contributed by atoms with van der Waals surface area (Å²) in [4.78, 5) is 7.77. The fraction of sp³-hybridized carbons (Fsp3) is 0.600. The maximum atomic E-state index is 5.75. The molecule has 0 unspecified atom stereocenters. The van der Waals surface area contributed by atoms with Gasteiger partial charge in [-0.25, -0.2) is 9.97 Å².